The number of anilines is 1. The lowest BCUT2D eigenvalue weighted by Crippen LogP contribution is -2.01. The SMILES string of the molecule is O=[N+]([O-])c1cccc2c(NCc3ccccc3)ccnc12. The summed E-state index contributed by atoms with van der Waals surface area (Å²) in [5, 5.41) is 15.1. The first-order valence-electron chi connectivity index (χ1n) is 6.55. The van der Waals surface area contributed by atoms with Crippen LogP contribution in [-0.2, 0) is 6.54 Å². The summed E-state index contributed by atoms with van der Waals surface area (Å²) in [6, 6.07) is 16.8. The minimum atomic E-state index is -0.406. The van der Waals surface area contributed by atoms with E-state index < -0.39 is 4.92 Å². The van der Waals surface area contributed by atoms with Gasteiger partial charge >= 0.3 is 0 Å². The highest BCUT2D eigenvalue weighted by Crippen LogP contribution is 2.28. The van der Waals surface area contributed by atoms with Crippen LogP contribution in [0.3, 0.4) is 0 Å². The van der Waals surface area contributed by atoms with Crippen LogP contribution in [0.2, 0.25) is 0 Å². The summed E-state index contributed by atoms with van der Waals surface area (Å²) in [6.07, 6.45) is 1.59. The summed E-state index contributed by atoms with van der Waals surface area (Å²) in [5.41, 5.74) is 2.41. The molecule has 0 saturated carbocycles. The van der Waals surface area contributed by atoms with Crippen molar-refractivity contribution < 1.29 is 4.92 Å². The van der Waals surface area contributed by atoms with E-state index in [-0.39, 0.29) is 5.69 Å². The molecule has 104 valence electrons. The van der Waals surface area contributed by atoms with Crippen LogP contribution < -0.4 is 5.32 Å². The Labute approximate surface area is 121 Å². The smallest absolute Gasteiger partial charge is 0.295 e. The van der Waals surface area contributed by atoms with Gasteiger partial charge in [0.1, 0.15) is 5.52 Å². The second-order valence-electron chi connectivity index (χ2n) is 4.63. The van der Waals surface area contributed by atoms with Crippen molar-refractivity contribution >= 4 is 22.3 Å². The first-order chi connectivity index (χ1) is 10.3. The highest BCUT2D eigenvalue weighted by Gasteiger charge is 2.14. The Morgan fingerprint density at radius 1 is 1.05 bits per heavy atom. The fourth-order valence-electron chi connectivity index (χ4n) is 2.26. The number of nitrogens with one attached hydrogen (secondary N) is 1. The van der Waals surface area contributed by atoms with Crippen LogP contribution in [0.4, 0.5) is 11.4 Å². The van der Waals surface area contributed by atoms with Gasteiger partial charge in [0, 0.05) is 29.9 Å². The number of benzene rings is 2. The molecule has 1 N–H and O–H groups in total. The van der Waals surface area contributed by atoms with Crippen molar-refractivity contribution in [3.63, 3.8) is 0 Å². The molecular formula is C16H13N3O2. The van der Waals surface area contributed by atoms with Crippen molar-refractivity contribution in [1.82, 2.24) is 4.98 Å². The van der Waals surface area contributed by atoms with E-state index in [2.05, 4.69) is 10.3 Å². The van der Waals surface area contributed by atoms with Crippen LogP contribution in [0.5, 0.6) is 0 Å². The summed E-state index contributed by atoms with van der Waals surface area (Å²) >= 11 is 0. The molecule has 0 spiro atoms. The normalized spacial score (nSPS) is 10.5. The highest BCUT2D eigenvalue weighted by atomic mass is 16.6. The van der Waals surface area contributed by atoms with Gasteiger partial charge in [-0.3, -0.25) is 10.1 Å². The van der Waals surface area contributed by atoms with Crippen molar-refractivity contribution in [3.05, 3.63) is 76.5 Å². The third-order valence-corrected chi connectivity index (χ3v) is 3.27. The Balaban J connectivity index is 1.96. The molecule has 0 radical (unpaired) electrons. The molecule has 1 heterocycles. The Kier molecular flexibility index (Phi) is 3.47. The van der Waals surface area contributed by atoms with Gasteiger partial charge in [-0.15, -0.1) is 0 Å². The van der Waals surface area contributed by atoms with E-state index in [4.69, 9.17) is 0 Å². The van der Waals surface area contributed by atoms with Crippen LogP contribution in [0, 0.1) is 10.1 Å². The van der Waals surface area contributed by atoms with Crippen LogP contribution in [0.1, 0.15) is 5.56 Å². The molecule has 3 aromatic rings. The predicted molar refractivity (Wildman–Crippen MR) is 82.2 cm³/mol. The Morgan fingerprint density at radius 2 is 1.86 bits per heavy atom. The second kappa shape index (κ2) is 5.58. The van der Waals surface area contributed by atoms with Crippen LogP contribution in [-0.4, -0.2) is 9.91 Å². The van der Waals surface area contributed by atoms with E-state index in [9.17, 15) is 10.1 Å². The monoisotopic (exact) mass is 279 g/mol. The number of pyridine rings is 1. The molecule has 0 aliphatic carbocycles. The number of hydrogen-bond donors (Lipinski definition) is 1. The molecule has 5 heteroatoms. The maximum atomic E-state index is 11.1. The van der Waals surface area contributed by atoms with Crippen molar-refractivity contribution in [1.29, 1.82) is 0 Å². The summed E-state index contributed by atoms with van der Waals surface area (Å²) < 4.78 is 0. The van der Waals surface area contributed by atoms with Crippen molar-refractivity contribution in [2.45, 2.75) is 6.54 Å². The number of fused-ring (bicyclic) bond motifs is 1. The fraction of sp³-hybridized carbons (Fsp3) is 0.0625. The number of para-hydroxylation sites is 1. The summed E-state index contributed by atoms with van der Waals surface area (Å²) in [6.45, 7) is 0.655. The molecule has 1 aromatic heterocycles. The lowest BCUT2D eigenvalue weighted by Gasteiger charge is -2.09. The largest absolute Gasteiger partial charge is 0.380 e. The molecule has 0 fully saturated rings. The zero-order valence-electron chi connectivity index (χ0n) is 11.2. The molecule has 3 rings (SSSR count). The number of nitrogens with zero attached hydrogens (tertiary/aromatic N) is 2. The molecular weight excluding hydrogens is 266 g/mol. The first kappa shape index (κ1) is 13.1. The number of rotatable bonds is 4. The quantitative estimate of drug-likeness (QED) is 0.583. The molecule has 0 unspecified atom stereocenters. The number of nitro benzene ring substituents is 1. The van der Waals surface area contributed by atoms with Gasteiger partial charge in [0.2, 0.25) is 0 Å². The van der Waals surface area contributed by atoms with Gasteiger partial charge in [0.15, 0.2) is 0 Å². The third kappa shape index (κ3) is 2.67. The third-order valence-electron chi connectivity index (χ3n) is 3.27. The van der Waals surface area contributed by atoms with Gasteiger partial charge < -0.3 is 5.32 Å². The van der Waals surface area contributed by atoms with E-state index in [1.807, 2.05) is 42.5 Å². The van der Waals surface area contributed by atoms with Crippen LogP contribution in [0.25, 0.3) is 10.9 Å². The maximum Gasteiger partial charge on any atom is 0.295 e. The van der Waals surface area contributed by atoms with Crippen molar-refractivity contribution in [3.8, 4) is 0 Å². The zero-order chi connectivity index (χ0) is 14.7. The van der Waals surface area contributed by atoms with Gasteiger partial charge in [-0.25, -0.2) is 4.98 Å². The van der Waals surface area contributed by atoms with Crippen LogP contribution in [0.15, 0.2) is 60.8 Å². The molecule has 0 aliphatic heterocycles. The van der Waals surface area contributed by atoms with Crippen molar-refractivity contribution in [2.75, 3.05) is 5.32 Å². The van der Waals surface area contributed by atoms with E-state index in [0.717, 1.165) is 16.6 Å². The number of non-ortho nitro benzene ring substituents is 1. The van der Waals surface area contributed by atoms with E-state index in [1.165, 1.54) is 6.07 Å². The standard InChI is InChI=1S/C16H13N3O2/c20-19(21)15-8-4-7-13-14(9-10-17-16(13)15)18-11-12-5-2-1-3-6-12/h1-10H,11H2,(H,17,18). The molecule has 5 nitrogen and oxygen atoms in total. The van der Waals surface area contributed by atoms with E-state index in [1.54, 1.807) is 12.3 Å². The zero-order valence-corrected chi connectivity index (χ0v) is 11.2. The summed E-state index contributed by atoms with van der Waals surface area (Å²) in [4.78, 5) is 14.8. The molecule has 0 aliphatic rings. The van der Waals surface area contributed by atoms with Crippen molar-refractivity contribution in [2.24, 2.45) is 0 Å². The Morgan fingerprint density at radius 3 is 2.62 bits per heavy atom. The topological polar surface area (TPSA) is 68.1 Å². The van der Waals surface area contributed by atoms with Gasteiger partial charge in [-0.1, -0.05) is 42.5 Å². The lowest BCUT2D eigenvalue weighted by molar-refractivity contribution is -0.383. The second-order valence-corrected chi connectivity index (χ2v) is 4.63. The van der Waals surface area contributed by atoms with Gasteiger partial charge in [-0.05, 0) is 11.6 Å². The highest BCUT2D eigenvalue weighted by molar-refractivity contribution is 5.96. The van der Waals surface area contributed by atoms with Crippen LogP contribution >= 0.6 is 0 Å². The van der Waals surface area contributed by atoms with Gasteiger partial charge in [0.25, 0.3) is 5.69 Å². The summed E-state index contributed by atoms with van der Waals surface area (Å²) in [7, 11) is 0. The number of nitro groups is 1. The van der Waals surface area contributed by atoms with Gasteiger partial charge in [-0.2, -0.15) is 0 Å². The first-order valence-corrected chi connectivity index (χ1v) is 6.55. The fourth-order valence-corrected chi connectivity index (χ4v) is 2.26. The lowest BCUT2D eigenvalue weighted by atomic mass is 10.1. The Hall–Kier alpha value is -2.95. The van der Waals surface area contributed by atoms with E-state index >= 15 is 0 Å². The number of hydrogen-bond acceptors (Lipinski definition) is 4. The molecule has 2 aromatic carbocycles. The maximum absolute atomic E-state index is 11.1. The average molecular weight is 279 g/mol. The molecule has 21 heavy (non-hydrogen) atoms. The molecule has 0 amide bonds. The Bertz CT molecular complexity index is 788. The molecule has 0 saturated heterocycles. The van der Waals surface area contributed by atoms with E-state index in [0.29, 0.717) is 12.1 Å². The molecule has 0 bridgehead atoms. The average Bonchev–Trinajstić information content (AvgIpc) is 2.53. The van der Waals surface area contributed by atoms with Gasteiger partial charge in [0.05, 0.1) is 4.92 Å². The summed E-state index contributed by atoms with van der Waals surface area (Å²) in [5.74, 6) is 0. The predicted octanol–water partition coefficient (Wildman–Crippen LogP) is 3.76. The molecule has 0 atom stereocenters. The minimum Gasteiger partial charge on any atom is -0.380 e. The number of aromatic nitrogens is 1. The minimum absolute atomic E-state index is 0.0239.